The third kappa shape index (κ3) is 4.56. The highest BCUT2D eigenvalue weighted by Crippen LogP contribution is 2.39. The van der Waals surface area contributed by atoms with Crippen molar-refractivity contribution < 1.29 is 4.79 Å². The number of hydrogen-bond donors (Lipinski definition) is 1. The summed E-state index contributed by atoms with van der Waals surface area (Å²) in [5.74, 6) is -0.0953. The van der Waals surface area contributed by atoms with Crippen molar-refractivity contribution in [3.05, 3.63) is 65.6 Å². The van der Waals surface area contributed by atoms with E-state index in [0.717, 1.165) is 65.0 Å². The molecule has 0 saturated heterocycles. The van der Waals surface area contributed by atoms with Crippen molar-refractivity contribution in [2.24, 2.45) is 0 Å². The molecule has 4 aromatic rings. The first kappa shape index (κ1) is 23.2. The largest absolute Gasteiger partial charge is 0.346 e. The topological polar surface area (TPSA) is 75.9 Å². The van der Waals surface area contributed by atoms with Crippen LogP contribution >= 0.6 is 0 Å². The zero-order valence-corrected chi connectivity index (χ0v) is 21.1. The normalized spacial score (nSPS) is 13.4. The van der Waals surface area contributed by atoms with Gasteiger partial charge in [-0.1, -0.05) is 12.1 Å². The van der Waals surface area contributed by atoms with Gasteiger partial charge < -0.3 is 10.2 Å². The highest BCUT2D eigenvalue weighted by Gasteiger charge is 2.26. The lowest BCUT2D eigenvalue weighted by molar-refractivity contribution is 0.0899. The number of fused-ring (bicyclic) bond motifs is 2. The maximum Gasteiger partial charge on any atom is 0.251 e. The Labute approximate surface area is 206 Å². The lowest BCUT2D eigenvalue weighted by atomic mass is 9.95. The van der Waals surface area contributed by atoms with Gasteiger partial charge in [-0.25, -0.2) is 0 Å². The second-order valence-electron chi connectivity index (χ2n) is 10.3. The molecule has 1 amide bonds. The Morgan fingerprint density at radius 1 is 1.17 bits per heavy atom. The highest BCUT2D eigenvalue weighted by molar-refractivity contribution is 6.03. The second-order valence-corrected chi connectivity index (χ2v) is 10.3. The van der Waals surface area contributed by atoms with E-state index < -0.39 is 0 Å². The molecule has 0 saturated carbocycles. The van der Waals surface area contributed by atoms with Gasteiger partial charge >= 0.3 is 0 Å². The van der Waals surface area contributed by atoms with Crippen molar-refractivity contribution in [2.75, 3.05) is 20.6 Å². The Hall–Kier alpha value is -3.58. The minimum Gasteiger partial charge on any atom is -0.346 e. The molecule has 1 aromatic carbocycles. The Morgan fingerprint density at radius 3 is 2.77 bits per heavy atom. The minimum atomic E-state index is -0.348. The molecule has 0 spiro atoms. The number of amides is 1. The van der Waals surface area contributed by atoms with Gasteiger partial charge in [0.25, 0.3) is 5.91 Å². The van der Waals surface area contributed by atoms with Gasteiger partial charge in [0.2, 0.25) is 0 Å². The van der Waals surface area contributed by atoms with Gasteiger partial charge in [0, 0.05) is 52.7 Å². The molecule has 0 bridgehead atoms. The number of carbonyl (C=O) groups excluding carboxylic acids is 1. The van der Waals surface area contributed by atoms with E-state index in [2.05, 4.69) is 25.9 Å². The standard InChI is InChI=1S/C28H32N6O/c1-18-8-6-9-22(30-18)26-25(24-10-7-15-34(24)32-26)21-13-14-29-23-16-19(11-12-20(21)23)27(35)31-28(2,3)17-33(4)5/h6,8-9,11-14,16H,7,10,15,17H2,1-5H3,(H,31,35). The second kappa shape index (κ2) is 8.89. The van der Waals surface area contributed by atoms with Crippen LogP contribution in [0.5, 0.6) is 0 Å². The number of pyridine rings is 2. The summed E-state index contributed by atoms with van der Waals surface area (Å²) in [4.78, 5) is 24.5. The van der Waals surface area contributed by atoms with Crippen molar-refractivity contribution >= 4 is 16.8 Å². The van der Waals surface area contributed by atoms with E-state index in [9.17, 15) is 4.79 Å². The summed E-state index contributed by atoms with van der Waals surface area (Å²) in [6, 6.07) is 13.9. The molecule has 35 heavy (non-hydrogen) atoms. The predicted molar refractivity (Wildman–Crippen MR) is 139 cm³/mol. The van der Waals surface area contributed by atoms with Gasteiger partial charge in [0.15, 0.2) is 0 Å². The molecule has 5 rings (SSSR count). The summed E-state index contributed by atoms with van der Waals surface area (Å²) < 4.78 is 2.12. The van der Waals surface area contributed by atoms with E-state index in [1.165, 1.54) is 5.69 Å². The zero-order chi connectivity index (χ0) is 24.7. The maximum atomic E-state index is 13.0. The van der Waals surface area contributed by atoms with Crippen LogP contribution in [0.25, 0.3) is 33.4 Å². The van der Waals surface area contributed by atoms with Crippen LogP contribution in [0.15, 0.2) is 48.7 Å². The fourth-order valence-electron chi connectivity index (χ4n) is 5.19. The first-order valence-corrected chi connectivity index (χ1v) is 12.1. The van der Waals surface area contributed by atoms with Gasteiger partial charge in [-0.15, -0.1) is 0 Å². The Balaban J connectivity index is 1.58. The predicted octanol–water partition coefficient (Wildman–Crippen LogP) is 4.48. The number of nitrogens with one attached hydrogen (secondary N) is 1. The van der Waals surface area contributed by atoms with Crippen molar-refractivity contribution in [3.63, 3.8) is 0 Å². The van der Waals surface area contributed by atoms with Gasteiger partial charge in [0.1, 0.15) is 5.69 Å². The van der Waals surface area contributed by atoms with Crippen LogP contribution in [0.2, 0.25) is 0 Å². The van der Waals surface area contributed by atoms with Crippen LogP contribution < -0.4 is 5.32 Å². The number of aromatic nitrogens is 4. The molecule has 1 aliphatic rings. The third-order valence-electron chi connectivity index (χ3n) is 6.41. The molecule has 3 aromatic heterocycles. The number of likely N-dealkylation sites (N-methyl/N-ethyl adjacent to an activating group) is 1. The minimum absolute atomic E-state index is 0.0953. The molecule has 1 aliphatic heterocycles. The molecule has 1 N–H and O–H groups in total. The molecule has 180 valence electrons. The maximum absolute atomic E-state index is 13.0. The van der Waals surface area contributed by atoms with E-state index >= 15 is 0 Å². The van der Waals surface area contributed by atoms with Crippen molar-refractivity contribution in [2.45, 2.75) is 45.7 Å². The van der Waals surface area contributed by atoms with Crippen molar-refractivity contribution in [1.29, 1.82) is 0 Å². The summed E-state index contributed by atoms with van der Waals surface area (Å²) >= 11 is 0. The van der Waals surface area contributed by atoms with Crippen LogP contribution in [-0.4, -0.2) is 56.7 Å². The van der Waals surface area contributed by atoms with Gasteiger partial charge in [-0.05, 0) is 83.6 Å². The van der Waals surface area contributed by atoms with Crippen LogP contribution in [0, 0.1) is 6.92 Å². The number of aryl methyl sites for hydroxylation is 2. The van der Waals surface area contributed by atoms with Crippen LogP contribution in [0.1, 0.15) is 42.0 Å². The zero-order valence-electron chi connectivity index (χ0n) is 21.1. The molecular formula is C28H32N6O. The first-order valence-electron chi connectivity index (χ1n) is 12.1. The van der Waals surface area contributed by atoms with E-state index in [4.69, 9.17) is 10.1 Å². The highest BCUT2D eigenvalue weighted by atomic mass is 16.1. The van der Waals surface area contributed by atoms with Gasteiger partial charge in [0.05, 0.1) is 11.2 Å². The number of nitrogens with zero attached hydrogens (tertiary/aromatic N) is 5. The van der Waals surface area contributed by atoms with Crippen molar-refractivity contribution in [1.82, 2.24) is 30.0 Å². The van der Waals surface area contributed by atoms with Crippen LogP contribution in [0.4, 0.5) is 0 Å². The SMILES string of the molecule is Cc1cccc(-c2nn3c(c2-c2ccnc4cc(C(=O)NC(C)(C)CN(C)C)ccc24)CCC3)n1. The Kier molecular flexibility index (Phi) is 5.89. The molecule has 0 aliphatic carbocycles. The number of rotatable bonds is 6. The molecule has 7 nitrogen and oxygen atoms in total. The number of carbonyl (C=O) groups is 1. The number of hydrogen-bond acceptors (Lipinski definition) is 5. The average molecular weight is 469 g/mol. The quantitative estimate of drug-likeness (QED) is 0.451. The number of benzene rings is 1. The van der Waals surface area contributed by atoms with E-state index in [1.807, 2.05) is 77.5 Å². The third-order valence-corrected chi connectivity index (χ3v) is 6.41. The summed E-state index contributed by atoms with van der Waals surface area (Å²) in [6.45, 7) is 7.73. The van der Waals surface area contributed by atoms with Gasteiger partial charge in [-0.2, -0.15) is 5.10 Å². The van der Waals surface area contributed by atoms with E-state index in [1.54, 1.807) is 0 Å². The fourth-order valence-corrected chi connectivity index (χ4v) is 5.19. The molecule has 4 heterocycles. The van der Waals surface area contributed by atoms with Crippen LogP contribution in [-0.2, 0) is 13.0 Å². The van der Waals surface area contributed by atoms with Crippen LogP contribution in [0.3, 0.4) is 0 Å². The van der Waals surface area contributed by atoms with E-state index in [0.29, 0.717) is 5.56 Å². The molecule has 0 unspecified atom stereocenters. The lowest BCUT2D eigenvalue weighted by Crippen LogP contribution is -2.49. The monoisotopic (exact) mass is 468 g/mol. The summed E-state index contributed by atoms with van der Waals surface area (Å²) in [5, 5.41) is 9.12. The Bertz CT molecular complexity index is 1420. The van der Waals surface area contributed by atoms with Gasteiger partial charge in [-0.3, -0.25) is 19.4 Å². The van der Waals surface area contributed by atoms with E-state index in [-0.39, 0.29) is 11.4 Å². The lowest BCUT2D eigenvalue weighted by Gasteiger charge is -2.29. The molecule has 0 fully saturated rings. The smallest absolute Gasteiger partial charge is 0.251 e. The molecular weight excluding hydrogens is 436 g/mol. The molecule has 7 heteroatoms. The summed E-state index contributed by atoms with van der Waals surface area (Å²) in [6.07, 6.45) is 3.90. The van der Waals surface area contributed by atoms with Crippen molar-refractivity contribution in [3.8, 4) is 22.5 Å². The Morgan fingerprint density at radius 2 is 2.00 bits per heavy atom. The summed E-state index contributed by atoms with van der Waals surface area (Å²) in [5.41, 5.74) is 7.25. The summed E-state index contributed by atoms with van der Waals surface area (Å²) in [7, 11) is 4.01. The fraction of sp³-hybridized carbons (Fsp3) is 0.357. The molecule has 0 radical (unpaired) electrons. The average Bonchev–Trinajstić information content (AvgIpc) is 3.38. The molecule has 0 atom stereocenters. The first-order chi connectivity index (χ1) is 16.7.